The molecular weight excluding hydrogens is 284 g/mol. The van der Waals surface area contributed by atoms with E-state index in [0.29, 0.717) is 18.7 Å². The van der Waals surface area contributed by atoms with E-state index in [-0.39, 0.29) is 10.8 Å². The molecule has 0 aromatic rings. The van der Waals surface area contributed by atoms with Gasteiger partial charge in [-0.05, 0) is 53.0 Å². The van der Waals surface area contributed by atoms with Crippen LogP contribution in [-0.2, 0) is 0 Å². The molecule has 23 heavy (non-hydrogen) atoms. The molecule has 3 nitrogen and oxygen atoms in total. The first-order valence-corrected chi connectivity index (χ1v) is 8.40. The van der Waals surface area contributed by atoms with Crippen molar-refractivity contribution < 1.29 is 5.11 Å². The lowest BCUT2D eigenvalue weighted by Crippen LogP contribution is -2.21. The van der Waals surface area contributed by atoms with E-state index in [2.05, 4.69) is 59.8 Å². The van der Waals surface area contributed by atoms with Gasteiger partial charge in [0, 0.05) is 5.70 Å². The first-order valence-electron chi connectivity index (χ1n) is 8.40. The Balaban J connectivity index is 3.31. The predicted molar refractivity (Wildman–Crippen MR) is 99.7 cm³/mol. The van der Waals surface area contributed by atoms with E-state index in [1.807, 2.05) is 6.08 Å². The molecule has 0 bridgehead atoms. The fourth-order valence-corrected chi connectivity index (χ4v) is 2.80. The first kappa shape index (κ1) is 19.7. The number of hydrogen-bond donors (Lipinski definition) is 3. The molecule has 0 amide bonds. The second-order valence-corrected chi connectivity index (χ2v) is 8.65. The smallest absolute Gasteiger partial charge is 0.100 e. The van der Waals surface area contributed by atoms with Crippen molar-refractivity contribution in [3.05, 3.63) is 46.7 Å². The van der Waals surface area contributed by atoms with E-state index in [1.54, 1.807) is 0 Å². The summed E-state index contributed by atoms with van der Waals surface area (Å²) in [4.78, 5) is 0. The maximum absolute atomic E-state index is 10.7. The minimum Gasteiger partial charge on any atom is -0.402 e. The summed E-state index contributed by atoms with van der Waals surface area (Å²) in [6.45, 7) is 13.5. The molecule has 130 valence electrons. The van der Waals surface area contributed by atoms with Gasteiger partial charge < -0.3 is 16.6 Å². The maximum atomic E-state index is 10.7. The van der Waals surface area contributed by atoms with E-state index >= 15 is 0 Å². The van der Waals surface area contributed by atoms with Crippen molar-refractivity contribution in [3.63, 3.8) is 0 Å². The van der Waals surface area contributed by atoms with Crippen LogP contribution in [0, 0.1) is 10.8 Å². The van der Waals surface area contributed by atoms with E-state index < -0.39 is 6.10 Å². The summed E-state index contributed by atoms with van der Waals surface area (Å²) in [5.41, 5.74) is 15.5. The number of allylic oxidation sites excluding steroid dienone is 4. The minimum absolute atomic E-state index is 0.0259. The molecule has 3 heteroatoms. The summed E-state index contributed by atoms with van der Waals surface area (Å²) in [6, 6.07) is 0. The molecule has 1 atom stereocenters. The molecule has 0 spiro atoms. The summed E-state index contributed by atoms with van der Waals surface area (Å²) in [6.07, 6.45) is 9.21. The fraction of sp³-hybridized carbons (Fsp3) is 0.600. The minimum atomic E-state index is -0.595. The molecule has 0 heterocycles. The quantitative estimate of drug-likeness (QED) is 0.693. The van der Waals surface area contributed by atoms with Crippen LogP contribution in [0.4, 0.5) is 0 Å². The Kier molecular flexibility index (Phi) is 6.43. The van der Waals surface area contributed by atoms with Gasteiger partial charge in [0.25, 0.3) is 0 Å². The highest BCUT2D eigenvalue weighted by molar-refractivity contribution is 5.46. The molecule has 0 aromatic heterocycles. The zero-order valence-electron chi connectivity index (χ0n) is 15.6. The Morgan fingerprint density at radius 3 is 2.22 bits per heavy atom. The Labute approximate surface area is 141 Å². The van der Waals surface area contributed by atoms with Crippen molar-refractivity contribution >= 4 is 0 Å². The molecule has 0 aliphatic heterocycles. The summed E-state index contributed by atoms with van der Waals surface area (Å²) in [5.74, 6) is 0. The van der Waals surface area contributed by atoms with E-state index in [4.69, 9.17) is 11.5 Å². The largest absolute Gasteiger partial charge is 0.402 e. The van der Waals surface area contributed by atoms with Gasteiger partial charge in [-0.3, -0.25) is 0 Å². The zero-order chi connectivity index (χ0) is 17.8. The van der Waals surface area contributed by atoms with Crippen LogP contribution < -0.4 is 11.5 Å². The molecule has 0 radical (unpaired) electrons. The van der Waals surface area contributed by atoms with Crippen molar-refractivity contribution in [2.24, 2.45) is 22.3 Å². The molecule has 1 rings (SSSR count). The number of aliphatic hydroxyl groups is 1. The van der Waals surface area contributed by atoms with Crippen LogP contribution >= 0.6 is 0 Å². The van der Waals surface area contributed by atoms with Gasteiger partial charge in [0.05, 0.1) is 0 Å². The van der Waals surface area contributed by atoms with Crippen molar-refractivity contribution in [3.8, 4) is 0 Å². The average molecular weight is 319 g/mol. The summed E-state index contributed by atoms with van der Waals surface area (Å²) >= 11 is 0. The summed E-state index contributed by atoms with van der Waals surface area (Å²) < 4.78 is 0. The number of rotatable bonds is 3. The molecule has 0 saturated carbocycles. The van der Waals surface area contributed by atoms with Gasteiger partial charge in [0.2, 0.25) is 0 Å². The van der Waals surface area contributed by atoms with Gasteiger partial charge in [-0.15, -0.1) is 0 Å². The van der Waals surface area contributed by atoms with Gasteiger partial charge in [-0.1, -0.05) is 59.8 Å². The van der Waals surface area contributed by atoms with Crippen molar-refractivity contribution in [2.45, 2.75) is 60.5 Å². The Morgan fingerprint density at radius 1 is 1.17 bits per heavy atom. The van der Waals surface area contributed by atoms with E-state index in [0.717, 1.165) is 17.6 Å². The van der Waals surface area contributed by atoms with Crippen molar-refractivity contribution in [1.82, 2.24) is 0 Å². The molecule has 0 aromatic carbocycles. The third kappa shape index (κ3) is 7.19. The van der Waals surface area contributed by atoms with Crippen LogP contribution in [0.15, 0.2) is 46.7 Å². The molecule has 0 fully saturated rings. The first-order chi connectivity index (χ1) is 10.4. The highest BCUT2D eigenvalue weighted by Crippen LogP contribution is 2.34. The summed E-state index contributed by atoms with van der Waals surface area (Å²) in [7, 11) is 0. The lowest BCUT2D eigenvalue weighted by Gasteiger charge is -2.28. The molecule has 5 N–H and O–H groups in total. The second kappa shape index (κ2) is 7.50. The highest BCUT2D eigenvalue weighted by atomic mass is 16.3. The van der Waals surface area contributed by atoms with Gasteiger partial charge in [-0.25, -0.2) is 0 Å². The lowest BCUT2D eigenvalue weighted by atomic mass is 9.80. The maximum Gasteiger partial charge on any atom is 0.100 e. The topological polar surface area (TPSA) is 72.3 Å². The van der Waals surface area contributed by atoms with Crippen LogP contribution in [0.5, 0.6) is 0 Å². The van der Waals surface area contributed by atoms with Crippen molar-refractivity contribution in [1.29, 1.82) is 0 Å². The summed E-state index contributed by atoms with van der Waals surface area (Å²) in [5, 5.41) is 10.7. The van der Waals surface area contributed by atoms with E-state index in [1.165, 1.54) is 5.57 Å². The van der Waals surface area contributed by atoms with Crippen LogP contribution in [0.25, 0.3) is 0 Å². The normalized spacial score (nSPS) is 24.3. The van der Waals surface area contributed by atoms with Crippen LogP contribution in [0.1, 0.15) is 54.4 Å². The Hall–Kier alpha value is -1.32. The Bertz CT molecular complexity index is 537. The highest BCUT2D eigenvalue weighted by Gasteiger charge is 2.24. The monoisotopic (exact) mass is 318 g/mol. The van der Waals surface area contributed by atoms with Gasteiger partial charge in [-0.2, -0.15) is 0 Å². The van der Waals surface area contributed by atoms with Crippen molar-refractivity contribution in [2.75, 3.05) is 6.54 Å². The Morgan fingerprint density at radius 2 is 1.74 bits per heavy atom. The number of aliphatic hydroxyl groups excluding tert-OH is 1. The third-order valence-electron chi connectivity index (χ3n) is 3.45. The molecular formula is C20H34N2O. The standard InChI is InChI=1S/C20H34N2O/c1-19(2,3)12-14-9-15(11-17(22)7-8-21)18(23)16(10-14)13-20(4,5)6/h9,11-13,18,23H,7-8,10,21-22H2,1-6H3. The van der Waals surface area contributed by atoms with Gasteiger partial charge in [0.15, 0.2) is 0 Å². The van der Waals surface area contributed by atoms with Gasteiger partial charge >= 0.3 is 0 Å². The second-order valence-electron chi connectivity index (χ2n) is 8.65. The van der Waals surface area contributed by atoms with Crippen LogP contribution in [0.2, 0.25) is 0 Å². The van der Waals surface area contributed by atoms with Crippen LogP contribution in [0.3, 0.4) is 0 Å². The molecule has 1 aliphatic carbocycles. The SMILES string of the molecule is CC(C)(C)C=C1C=C(C=C(N)CCN)C(O)C(=CC(C)(C)C)C1. The average Bonchev–Trinajstić information content (AvgIpc) is 2.31. The molecule has 1 aliphatic rings. The fourth-order valence-electron chi connectivity index (χ4n) is 2.80. The van der Waals surface area contributed by atoms with Gasteiger partial charge in [0.1, 0.15) is 6.10 Å². The molecule has 1 unspecified atom stereocenters. The molecule has 0 saturated heterocycles. The predicted octanol–water partition coefficient (Wildman–Crippen LogP) is 3.81. The van der Waals surface area contributed by atoms with E-state index in [9.17, 15) is 5.11 Å². The lowest BCUT2D eigenvalue weighted by molar-refractivity contribution is 0.242. The number of nitrogens with two attached hydrogens (primary N) is 2. The number of hydrogen-bond acceptors (Lipinski definition) is 3. The third-order valence-corrected chi connectivity index (χ3v) is 3.45. The van der Waals surface area contributed by atoms with Crippen LogP contribution in [-0.4, -0.2) is 17.8 Å². The zero-order valence-corrected chi connectivity index (χ0v) is 15.6.